The Morgan fingerprint density at radius 1 is 1.05 bits per heavy atom. The molecule has 0 bridgehead atoms. The number of hydrogen-bond donors (Lipinski definition) is 3. The van der Waals surface area contributed by atoms with E-state index in [0.717, 1.165) is 39.8 Å². The van der Waals surface area contributed by atoms with Gasteiger partial charge < -0.3 is 20.1 Å². The van der Waals surface area contributed by atoms with Gasteiger partial charge in [-0.3, -0.25) is 4.68 Å². The van der Waals surface area contributed by atoms with Gasteiger partial charge in [0.15, 0.2) is 23.3 Å². The molecule has 0 unspecified atom stereocenters. The number of alkyl halides is 3. The molecule has 1 saturated heterocycles. The summed E-state index contributed by atoms with van der Waals surface area (Å²) in [5, 5.41) is 49.6. The summed E-state index contributed by atoms with van der Waals surface area (Å²) < 4.78 is 90.3. The van der Waals surface area contributed by atoms with Gasteiger partial charge in [0.1, 0.15) is 36.3 Å². The first-order valence-corrected chi connectivity index (χ1v) is 12.2. The van der Waals surface area contributed by atoms with Crippen molar-refractivity contribution >= 4 is 0 Å². The van der Waals surface area contributed by atoms with E-state index in [2.05, 4.69) is 15.2 Å². The first-order chi connectivity index (χ1) is 19.8. The number of aromatic nitrogens is 5. The number of halogens is 6. The highest BCUT2D eigenvalue weighted by Crippen LogP contribution is 2.40. The van der Waals surface area contributed by atoms with Crippen LogP contribution in [-0.2, 0) is 10.9 Å². The lowest BCUT2D eigenvalue weighted by atomic mass is 9.92. The molecule has 1 aliphatic heterocycles. The molecule has 0 aliphatic carbocycles. The summed E-state index contributed by atoms with van der Waals surface area (Å²) >= 11 is 0. The molecule has 0 saturated carbocycles. The van der Waals surface area contributed by atoms with Gasteiger partial charge in [-0.1, -0.05) is 0 Å². The molecule has 220 valence electrons. The van der Waals surface area contributed by atoms with Crippen molar-refractivity contribution in [3.8, 4) is 22.9 Å². The van der Waals surface area contributed by atoms with E-state index in [9.17, 15) is 46.9 Å². The Morgan fingerprint density at radius 3 is 2.36 bits per heavy atom. The van der Waals surface area contributed by atoms with Crippen LogP contribution in [0.4, 0.5) is 26.3 Å². The number of aliphatic hydroxyl groups is 3. The first-order valence-electron chi connectivity index (χ1n) is 12.2. The van der Waals surface area contributed by atoms with Crippen molar-refractivity contribution in [1.29, 1.82) is 5.26 Å². The Labute approximate surface area is 232 Å². The molecule has 5 atom stereocenters. The van der Waals surface area contributed by atoms with Crippen molar-refractivity contribution in [2.24, 2.45) is 0 Å². The SMILES string of the molecule is Cc1nc([C@@H]2O[C@H](CO)[C@H](O)[C@H](n3cc(-c4cc(F)c(F)c(F)c4)cn3)[C@H]2O)n(-c2cc(C#N)ccc2C(F)(F)F)n1. The highest BCUT2D eigenvalue weighted by Gasteiger charge is 2.48. The third-order valence-corrected chi connectivity index (χ3v) is 6.77. The van der Waals surface area contributed by atoms with Crippen LogP contribution in [0.3, 0.4) is 0 Å². The van der Waals surface area contributed by atoms with Crippen molar-refractivity contribution in [2.45, 2.75) is 43.6 Å². The molecule has 10 nitrogen and oxygen atoms in total. The minimum Gasteiger partial charge on any atom is -0.394 e. The summed E-state index contributed by atoms with van der Waals surface area (Å²) in [5.74, 6) is -4.97. The summed E-state index contributed by atoms with van der Waals surface area (Å²) in [4.78, 5) is 4.15. The number of hydrogen-bond acceptors (Lipinski definition) is 8. The van der Waals surface area contributed by atoms with Crippen LogP contribution < -0.4 is 0 Å². The molecule has 16 heteroatoms. The summed E-state index contributed by atoms with van der Waals surface area (Å²) in [5.41, 5.74) is -1.92. The van der Waals surface area contributed by atoms with E-state index in [1.807, 2.05) is 0 Å². The lowest BCUT2D eigenvalue weighted by molar-refractivity contribution is -0.210. The zero-order chi connectivity index (χ0) is 30.5. The van der Waals surface area contributed by atoms with E-state index < -0.39 is 71.9 Å². The Morgan fingerprint density at radius 2 is 1.74 bits per heavy atom. The number of rotatable bonds is 5. The molecule has 0 spiro atoms. The Kier molecular flexibility index (Phi) is 7.53. The lowest BCUT2D eigenvalue weighted by Crippen LogP contribution is -2.53. The molecule has 4 aromatic rings. The summed E-state index contributed by atoms with van der Waals surface area (Å²) in [6.07, 6.45) is -8.99. The molecule has 1 aliphatic rings. The van der Waals surface area contributed by atoms with Gasteiger partial charge in [-0.15, -0.1) is 0 Å². The maximum Gasteiger partial charge on any atom is 0.418 e. The second-order valence-corrected chi connectivity index (χ2v) is 9.48. The Bertz CT molecular complexity index is 1660. The molecule has 1 fully saturated rings. The summed E-state index contributed by atoms with van der Waals surface area (Å²) in [7, 11) is 0. The maximum atomic E-state index is 13.9. The number of aliphatic hydroxyl groups excluding tert-OH is 3. The van der Waals surface area contributed by atoms with Crippen LogP contribution >= 0.6 is 0 Å². The summed E-state index contributed by atoms with van der Waals surface area (Å²) in [6.45, 7) is 0.571. The highest BCUT2D eigenvalue weighted by molar-refractivity contribution is 5.62. The molecule has 0 amide bonds. The Balaban J connectivity index is 1.59. The standard InChI is InChI=1S/C26H20F6N6O4/c1-11-35-25(38(36-11)18-4-12(7-33)2-3-15(18)26(30,31)32)24-23(41)21(22(40)19(10-39)42-24)37-9-14(8-34-37)13-5-16(27)20(29)17(28)6-13/h2-6,8-9,19,21-24,39-41H,10H2,1H3/t19-,21+,22+,23-,24-/m1/s1. The average molecular weight is 594 g/mol. The smallest absolute Gasteiger partial charge is 0.394 e. The minimum absolute atomic E-state index is 0.0266. The van der Waals surface area contributed by atoms with E-state index in [-0.39, 0.29) is 28.3 Å². The van der Waals surface area contributed by atoms with Crippen LogP contribution in [0.25, 0.3) is 16.8 Å². The number of nitriles is 1. The molecule has 2 aromatic heterocycles. The zero-order valence-corrected chi connectivity index (χ0v) is 21.3. The van der Waals surface area contributed by atoms with Crippen LogP contribution in [0.1, 0.15) is 34.9 Å². The zero-order valence-electron chi connectivity index (χ0n) is 21.3. The third kappa shape index (κ3) is 5.11. The van der Waals surface area contributed by atoms with E-state index in [4.69, 9.17) is 4.74 Å². The molecule has 2 aromatic carbocycles. The number of nitrogens with zero attached hydrogens (tertiary/aromatic N) is 6. The van der Waals surface area contributed by atoms with Crippen molar-refractivity contribution in [2.75, 3.05) is 6.61 Å². The fraction of sp³-hybridized carbons (Fsp3) is 0.308. The van der Waals surface area contributed by atoms with Crippen molar-refractivity contribution < 1.29 is 46.4 Å². The molecule has 5 rings (SSSR count). The van der Waals surface area contributed by atoms with Crippen molar-refractivity contribution in [3.63, 3.8) is 0 Å². The maximum absolute atomic E-state index is 13.9. The van der Waals surface area contributed by atoms with Gasteiger partial charge in [0.05, 0.1) is 35.7 Å². The van der Waals surface area contributed by atoms with Gasteiger partial charge in [0.2, 0.25) is 0 Å². The molecule has 0 radical (unpaired) electrons. The normalized spacial score (nSPS) is 22.7. The van der Waals surface area contributed by atoms with E-state index in [1.54, 1.807) is 6.07 Å². The molecular weight excluding hydrogens is 574 g/mol. The van der Waals surface area contributed by atoms with Crippen LogP contribution in [0.15, 0.2) is 42.7 Å². The molecule has 42 heavy (non-hydrogen) atoms. The average Bonchev–Trinajstić information content (AvgIpc) is 3.58. The van der Waals surface area contributed by atoms with Crippen LogP contribution in [0, 0.1) is 35.7 Å². The molecular formula is C26H20F6N6O4. The second-order valence-electron chi connectivity index (χ2n) is 9.48. The summed E-state index contributed by atoms with van der Waals surface area (Å²) in [6, 6.07) is 4.37. The quantitative estimate of drug-likeness (QED) is 0.236. The third-order valence-electron chi connectivity index (χ3n) is 6.77. The topological polar surface area (TPSA) is 142 Å². The van der Waals surface area contributed by atoms with Crippen LogP contribution in [-0.4, -0.2) is 64.8 Å². The predicted molar refractivity (Wildman–Crippen MR) is 129 cm³/mol. The fourth-order valence-corrected chi connectivity index (χ4v) is 4.81. The number of aryl methyl sites for hydroxylation is 1. The Hall–Kier alpha value is -4.30. The largest absolute Gasteiger partial charge is 0.418 e. The van der Waals surface area contributed by atoms with Gasteiger partial charge in [0.25, 0.3) is 0 Å². The predicted octanol–water partition coefficient (Wildman–Crippen LogP) is 3.14. The van der Waals surface area contributed by atoms with E-state index >= 15 is 0 Å². The van der Waals surface area contributed by atoms with Gasteiger partial charge >= 0.3 is 6.18 Å². The van der Waals surface area contributed by atoms with Gasteiger partial charge in [-0.25, -0.2) is 22.8 Å². The van der Waals surface area contributed by atoms with Crippen LogP contribution in [0.2, 0.25) is 0 Å². The second kappa shape index (κ2) is 10.8. The monoisotopic (exact) mass is 594 g/mol. The van der Waals surface area contributed by atoms with Gasteiger partial charge in [-0.2, -0.15) is 28.6 Å². The highest BCUT2D eigenvalue weighted by atomic mass is 19.4. The first kappa shape index (κ1) is 29.2. The fourth-order valence-electron chi connectivity index (χ4n) is 4.81. The number of benzene rings is 2. The van der Waals surface area contributed by atoms with E-state index in [0.29, 0.717) is 6.07 Å². The van der Waals surface area contributed by atoms with E-state index in [1.165, 1.54) is 13.1 Å². The van der Waals surface area contributed by atoms with Crippen LogP contribution in [0.5, 0.6) is 0 Å². The van der Waals surface area contributed by atoms with Crippen molar-refractivity contribution in [1.82, 2.24) is 24.5 Å². The lowest BCUT2D eigenvalue weighted by Gasteiger charge is -2.42. The number of ether oxygens (including phenoxy) is 1. The van der Waals surface area contributed by atoms with Crippen molar-refractivity contribution in [3.05, 3.63) is 83.0 Å². The molecule has 3 heterocycles. The molecule has 3 N–H and O–H groups in total. The van der Waals surface area contributed by atoms with Gasteiger partial charge in [0, 0.05) is 11.8 Å². The minimum atomic E-state index is -4.87. The van der Waals surface area contributed by atoms with Gasteiger partial charge in [-0.05, 0) is 42.8 Å².